The third-order valence-electron chi connectivity index (χ3n) is 3.72. The number of methoxy groups -OCH3 is 1. The number of aromatic hydroxyl groups is 1. The van der Waals surface area contributed by atoms with Crippen LogP contribution in [-0.2, 0) is 6.42 Å². The van der Waals surface area contributed by atoms with Gasteiger partial charge in [0.2, 0.25) is 0 Å². The normalized spacial score (nSPS) is 12.2. The highest BCUT2D eigenvalue weighted by atomic mass is 127. The molecule has 2 aromatic rings. The van der Waals surface area contributed by atoms with Gasteiger partial charge in [0, 0.05) is 16.6 Å². The summed E-state index contributed by atoms with van der Waals surface area (Å²) in [5.41, 5.74) is 7.84. The van der Waals surface area contributed by atoms with E-state index >= 15 is 0 Å². The SMILES string of the molecule is COc1cc(CCN=C(N)NC(C)c2ccc(Cl)cc2Cl)ccc1O.I. The molecule has 0 spiro atoms. The van der Waals surface area contributed by atoms with Crippen molar-refractivity contribution in [3.63, 3.8) is 0 Å². The smallest absolute Gasteiger partial charge is 0.189 e. The van der Waals surface area contributed by atoms with Gasteiger partial charge in [0.25, 0.3) is 0 Å². The predicted molar refractivity (Wildman–Crippen MR) is 118 cm³/mol. The first-order valence-corrected chi connectivity index (χ1v) is 8.53. The van der Waals surface area contributed by atoms with Gasteiger partial charge in [0.15, 0.2) is 17.5 Å². The molecule has 1 atom stereocenters. The van der Waals surface area contributed by atoms with Crippen LogP contribution in [0.2, 0.25) is 10.0 Å². The number of halogens is 3. The van der Waals surface area contributed by atoms with Crippen LogP contribution in [0, 0.1) is 0 Å². The minimum atomic E-state index is -0.0951. The van der Waals surface area contributed by atoms with Crippen LogP contribution in [-0.4, -0.2) is 24.7 Å². The standard InChI is InChI=1S/C18H21Cl2N3O2.HI/c1-11(14-5-4-13(19)10-15(14)20)23-18(21)22-8-7-12-3-6-16(24)17(9-12)25-2;/h3-6,9-11,24H,7-8H2,1-2H3,(H3,21,22,23);1H. The minimum absolute atomic E-state index is 0. The highest BCUT2D eigenvalue weighted by molar-refractivity contribution is 14.0. The third-order valence-corrected chi connectivity index (χ3v) is 4.28. The Morgan fingerprint density at radius 3 is 2.65 bits per heavy atom. The molecule has 2 aromatic carbocycles. The van der Waals surface area contributed by atoms with E-state index < -0.39 is 0 Å². The minimum Gasteiger partial charge on any atom is -0.504 e. The maximum Gasteiger partial charge on any atom is 0.189 e. The Balaban J connectivity index is 0.00000338. The first kappa shape index (κ1) is 22.7. The van der Waals surface area contributed by atoms with Crippen molar-refractivity contribution in [3.05, 3.63) is 57.6 Å². The van der Waals surface area contributed by atoms with E-state index in [9.17, 15) is 5.11 Å². The van der Waals surface area contributed by atoms with Crippen LogP contribution < -0.4 is 15.8 Å². The van der Waals surface area contributed by atoms with Crippen molar-refractivity contribution in [3.8, 4) is 11.5 Å². The highest BCUT2D eigenvalue weighted by Crippen LogP contribution is 2.27. The summed E-state index contributed by atoms with van der Waals surface area (Å²) in [6.07, 6.45) is 0.676. The van der Waals surface area contributed by atoms with Crippen LogP contribution in [0.4, 0.5) is 0 Å². The molecular formula is C18H22Cl2IN3O2. The second-order valence-electron chi connectivity index (χ2n) is 5.56. The fraction of sp³-hybridized carbons (Fsp3) is 0.278. The molecule has 26 heavy (non-hydrogen) atoms. The van der Waals surface area contributed by atoms with Gasteiger partial charge in [0.05, 0.1) is 13.2 Å². The van der Waals surface area contributed by atoms with Gasteiger partial charge in [0.1, 0.15) is 0 Å². The lowest BCUT2D eigenvalue weighted by molar-refractivity contribution is 0.373. The van der Waals surface area contributed by atoms with Gasteiger partial charge < -0.3 is 20.9 Å². The van der Waals surface area contributed by atoms with E-state index in [0.29, 0.717) is 34.7 Å². The highest BCUT2D eigenvalue weighted by Gasteiger charge is 2.10. The van der Waals surface area contributed by atoms with Crippen molar-refractivity contribution < 1.29 is 9.84 Å². The van der Waals surface area contributed by atoms with Crippen LogP contribution >= 0.6 is 47.2 Å². The fourth-order valence-corrected chi connectivity index (χ4v) is 2.95. The molecule has 1 unspecified atom stereocenters. The Hall–Kier alpha value is -1.38. The van der Waals surface area contributed by atoms with Crippen molar-refractivity contribution in [1.29, 1.82) is 0 Å². The Morgan fingerprint density at radius 2 is 2.00 bits per heavy atom. The molecule has 0 heterocycles. The molecule has 0 aliphatic rings. The number of phenols is 1. The zero-order valence-corrected chi connectivity index (χ0v) is 18.3. The Labute approximate surface area is 180 Å². The predicted octanol–water partition coefficient (Wildman–Crippen LogP) is 4.53. The van der Waals surface area contributed by atoms with Crippen LogP contribution in [0.1, 0.15) is 24.1 Å². The number of benzene rings is 2. The molecule has 5 nitrogen and oxygen atoms in total. The van der Waals surface area contributed by atoms with Crippen LogP contribution in [0.5, 0.6) is 11.5 Å². The van der Waals surface area contributed by atoms with E-state index in [1.807, 2.05) is 19.1 Å². The Bertz CT molecular complexity index is 772. The largest absolute Gasteiger partial charge is 0.504 e. The fourth-order valence-electron chi connectivity index (χ4n) is 2.38. The molecule has 4 N–H and O–H groups in total. The zero-order chi connectivity index (χ0) is 18.4. The Kier molecular flexibility index (Phi) is 9.32. The van der Waals surface area contributed by atoms with Gasteiger partial charge in [-0.05, 0) is 48.7 Å². The first-order valence-electron chi connectivity index (χ1n) is 7.78. The number of ether oxygens (including phenoxy) is 1. The maximum absolute atomic E-state index is 9.59. The average molecular weight is 510 g/mol. The number of hydrogen-bond donors (Lipinski definition) is 3. The zero-order valence-electron chi connectivity index (χ0n) is 14.5. The molecule has 0 saturated carbocycles. The molecule has 0 radical (unpaired) electrons. The molecule has 142 valence electrons. The number of rotatable bonds is 6. The van der Waals surface area contributed by atoms with Gasteiger partial charge in [-0.1, -0.05) is 35.3 Å². The number of aliphatic imine (C=N–C) groups is 1. The van der Waals surface area contributed by atoms with Gasteiger partial charge >= 0.3 is 0 Å². The summed E-state index contributed by atoms with van der Waals surface area (Å²) >= 11 is 12.1. The number of nitrogens with two attached hydrogens (primary N) is 1. The molecule has 0 aliphatic heterocycles. The monoisotopic (exact) mass is 509 g/mol. The van der Waals surface area contributed by atoms with Gasteiger partial charge in [-0.25, -0.2) is 0 Å². The van der Waals surface area contributed by atoms with Crippen LogP contribution in [0.15, 0.2) is 41.4 Å². The molecular weight excluding hydrogens is 488 g/mol. The number of hydrogen-bond acceptors (Lipinski definition) is 3. The second-order valence-corrected chi connectivity index (χ2v) is 6.40. The van der Waals surface area contributed by atoms with Crippen LogP contribution in [0.3, 0.4) is 0 Å². The van der Waals surface area contributed by atoms with Crippen molar-refractivity contribution in [2.24, 2.45) is 10.7 Å². The molecule has 0 amide bonds. The van der Waals surface area contributed by atoms with E-state index in [4.69, 9.17) is 33.7 Å². The number of phenolic OH excluding ortho intramolecular Hbond substituents is 1. The number of guanidine groups is 1. The summed E-state index contributed by atoms with van der Waals surface area (Å²) in [4.78, 5) is 4.32. The number of nitrogens with one attached hydrogen (secondary N) is 1. The molecule has 0 bridgehead atoms. The first-order chi connectivity index (χ1) is 11.9. The summed E-state index contributed by atoms with van der Waals surface area (Å²) in [5, 5.41) is 13.9. The second kappa shape index (κ2) is 10.7. The lowest BCUT2D eigenvalue weighted by Crippen LogP contribution is -2.34. The molecule has 8 heteroatoms. The van der Waals surface area contributed by atoms with E-state index in [-0.39, 0.29) is 35.8 Å². The van der Waals surface area contributed by atoms with Crippen molar-refractivity contribution >= 4 is 53.1 Å². The number of nitrogens with zero attached hydrogens (tertiary/aromatic N) is 1. The summed E-state index contributed by atoms with van der Waals surface area (Å²) in [7, 11) is 1.52. The topological polar surface area (TPSA) is 79.9 Å². The summed E-state index contributed by atoms with van der Waals surface area (Å²) in [6, 6.07) is 10.5. The molecule has 0 fully saturated rings. The van der Waals surface area contributed by atoms with Gasteiger partial charge in [-0.3, -0.25) is 4.99 Å². The maximum atomic E-state index is 9.59. The lowest BCUT2D eigenvalue weighted by Gasteiger charge is -2.16. The van der Waals surface area contributed by atoms with E-state index in [1.54, 1.807) is 24.3 Å². The summed E-state index contributed by atoms with van der Waals surface area (Å²) in [5.74, 6) is 0.896. The quantitative estimate of drug-likeness (QED) is 0.303. The van der Waals surface area contributed by atoms with E-state index in [1.165, 1.54) is 7.11 Å². The van der Waals surface area contributed by atoms with Crippen molar-refractivity contribution in [2.45, 2.75) is 19.4 Å². The van der Waals surface area contributed by atoms with E-state index in [2.05, 4.69) is 10.3 Å². The Morgan fingerprint density at radius 1 is 1.27 bits per heavy atom. The van der Waals surface area contributed by atoms with Crippen molar-refractivity contribution in [1.82, 2.24) is 5.32 Å². The van der Waals surface area contributed by atoms with Gasteiger partial charge in [-0.2, -0.15) is 0 Å². The van der Waals surface area contributed by atoms with E-state index in [0.717, 1.165) is 11.1 Å². The summed E-state index contributed by atoms with van der Waals surface area (Å²) < 4.78 is 5.09. The van der Waals surface area contributed by atoms with Gasteiger partial charge in [-0.15, -0.1) is 24.0 Å². The van der Waals surface area contributed by atoms with Crippen LogP contribution in [0.25, 0.3) is 0 Å². The average Bonchev–Trinajstić information content (AvgIpc) is 2.56. The molecule has 2 rings (SSSR count). The summed E-state index contributed by atoms with van der Waals surface area (Å²) in [6.45, 7) is 2.45. The molecule has 0 aromatic heterocycles. The lowest BCUT2D eigenvalue weighted by atomic mass is 10.1. The molecule has 0 saturated heterocycles. The van der Waals surface area contributed by atoms with Crippen molar-refractivity contribution in [2.75, 3.05) is 13.7 Å². The third kappa shape index (κ3) is 6.41. The molecule has 0 aliphatic carbocycles.